The first-order valence-electron chi connectivity index (χ1n) is 7.47. The van der Waals surface area contributed by atoms with Gasteiger partial charge in [0.15, 0.2) is 11.5 Å². The van der Waals surface area contributed by atoms with E-state index in [0.717, 1.165) is 37.3 Å². The molecule has 0 aromatic heterocycles. The minimum absolute atomic E-state index is 0.128. The molecule has 0 aliphatic heterocycles. The molecule has 1 aliphatic carbocycles. The molecule has 4 heteroatoms. The molecule has 0 saturated heterocycles. The minimum atomic E-state index is -0.181. The molecule has 0 spiro atoms. The number of hydrogen-bond acceptors (Lipinski definition) is 4. The lowest BCUT2D eigenvalue weighted by Gasteiger charge is -2.28. The van der Waals surface area contributed by atoms with Gasteiger partial charge in [0.2, 0.25) is 0 Å². The van der Waals surface area contributed by atoms with Gasteiger partial charge in [0.05, 0.1) is 13.2 Å². The largest absolute Gasteiger partial charge is 0.490 e. The van der Waals surface area contributed by atoms with E-state index < -0.39 is 0 Å². The highest BCUT2D eigenvalue weighted by molar-refractivity contribution is 5.39. The first-order valence-corrected chi connectivity index (χ1v) is 7.47. The van der Waals surface area contributed by atoms with Crippen LogP contribution < -0.4 is 14.8 Å². The van der Waals surface area contributed by atoms with Crippen molar-refractivity contribution in [2.75, 3.05) is 19.8 Å². The fourth-order valence-corrected chi connectivity index (χ4v) is 2.91. The number of ether oxygens (including phenoxy) is 2. The zero-order valence-electron chi connectivity index (χ0n) is 12.4. The van der Waals surface area contributed by atoms with Crippen LogP contribution in [0.4, 0.5) is 0 Å². The summed E-state index contributed by atoms with van der Waals surface area (Å²) < 4.78 is 11.7. The molecule has 2 unspecified atom stereocenters. The Balaban J connectivity index is 2.01. The van der Waals surface area contributed by atoms with Crippen molar-refractivity contribution in [1.29, 1.82) is 0 Å². The van der Waals surface area contributed by atoms with E-state index in [1.807, 2.05) is 31.2 Å². The predicted octanol–water partition coefficient (Wildman–Crippen LogP) is 2.36. The lowest BCUT2D eigenvalue weighted by Crippen LogP contribution is -2.46. The molecule has 4 nitrogen and oxygen atoms in total. The summed E-state index contributed by atoms with van der Waals surface area (Å²) >= 11 is 0. The smallest absolute Gasteiger partial charge is 0.161 e. The molecule has 20 heavy (non-hydrogen) atoms. The van der Waals surface area contributed by atoms with Gasteiger partial charge in [-0.15, -0.1) is 0 Å². The molecule has 0 bridgehead atoms. The number of para-hydroxylation sites is 2. The van der Waals surface area contributed by atoms with Crippen LogP contribution in [-0.4, -0.2) is 36.5 Å². The predicted molar refractivity (Wildman–Crippen MR) is 79.4 cm³/mol. The second-order valence-electron chi connectivity index (χ2n) is 5.33. The number of nitrogens with one attached hydrogen (secondary N) is 1. The van der Waals surface area contributed by atoms with Crippen molar-refractivity contribution in [3.63, 3.8) is 0 Å². The maximum atomic E-state index is 9.63. The van der Waals surface area contributed by atoms with Crippen LogP contribution in [0.5, 0.6) is 11.5 Å². The van der Waals surface area contributed by atoms with Gasteiger partial charge in [-0.1, -0.05) is 19.1 Å². The first kappa shape index (κ1) is 15.1. The highest BCUT2D eigenvalue weighted by atomic mass is 16.5. The van der Waals surface area contributed by atoms with Gasteiger partial charge in [0.1, 0.15) is 6.10 Å². The molecule has 0 radical (unpaired) electrons. The molecule has 1 aromatic rings. The van der Waals surface area contributed by atoms with E-state index in [2.05, 4.69) is 12.2 Å². The highest BCUT2D eigenvalue weighted by Crippen LogP contribution is 2.35. The van der Waals surface area contributed by atoms with Crippen LogP contribution in [0.1, 0.15) is 33.1 Å². The molecular formula is C16H25NO3. The summed E-state index contributed by atoms with van der Waals surface area (Å²) in [5, 5.41) is 13.0. The van der Waals surface area contributed by atoms with Gasteiger partial charge < -0.3 is 19.9 Å². The van der Waals surface area contributed by atoms with E-state index in [1.54, 1.807) is 0 Å². The Morgan fingerprint density at radius 2 is 2.05 bits per heavy atom. The van der Waals surface area contributed by atoms with E-state index >= 15 is 0 Å². The second kappa shape index (κ2) is 6.95. The van der Waals surface area contributed by atoms with Crippen LogP contribution in [0, 0.1) is 0 Å². The summed E-state index contributed by atoms with van der Waals surface area (Å²) in [5.41, 5.74) is -0.181. The molecule has 2 N–H and O–H groups in total. The van der Waals surface area contributed by atoms with E-state index in [9.17, 15) is 5.11 Å². The van der Waals surface area contributed by atoms with Crippen LogP contribution in [0.2, 0.25) is 0 Å². The second-order valence-corrected chi connectivity index (χ2v) is 5.33. The van der Waals surface area contributed by atoms with Crippen molar-refractivity contribution in [3.05, 3.63) is 24.3 Å². The van der Waals surface area contributed by atoms with Crippen molar-refractivity contribution in [3.8, 4) is 11.5 Å². The highest BCUT2D eigenvalue weighted by Gasteiger charge is 2.39. The van der Waals surface area contributed by atoms with E-state index in [1.165, 1.54) is 0 Å². The monoisotopic (exact) mass is 279 g/mol. The average Bonchev–Trinajstić information content (AvgIpc) is 2.85. The Kier molecular flexibility index (Phi) is 5.26. The van der Waals surface area contributed by atoms with Gasteiger partial charge in [-0.3, -0.25) is 0 Å². The van der Waals surface area contributed by atoms with Gasteiger partial charge >= 0.3 is 0 Å². The van der Waals surface area contributed by atoms with Gasteiger partial charge in [0.25, 0.3) is 0 Å². The average molecular weight is 279 g/mol. The molecule has 0 heterocycles. The Morgan fingerprint density at radius 3 is 2.70 bits per heavy atom. The molecule has 1 aromatic carbocycles. The third-order valence-corrected chi connectivity index (χ3v) is 3.86. The van der Waals surface area contributed by atoms with Crippen molar-refractivity contribution < 1.29 is 14.6 Å². The Labute approximate surface area is 121 Å². The molecular weight excluding hydrogens is 254 g/mol. The van der Waals surface area contributed by atoms with Gasteiger partial charge in [-0.25, -0.2) is 0 Å². The van der Waals surface area contributed by atoms with Crippen LogP contribution in [0.15, 0.2) is 24.3 Å². The summed E-state index contributed by atoms with van der Waals surface area (Å²) in [5.74, 6) is 1.59. The van der Waals surface area contributed by atoms with Gasteiger partial charge in [-0.05, 0) is 38.4 Å². The third-order valence-electron chi connectivity index (χ3n) is 3.86. The number of likely N-dealkylation sites (N-methyl/N-ethyl adjacent to an activating group) is 1. The molecule has 1 saturated carbocycles. The molecule has 1 fully saturated rings. The van der Waals surface area contributed by atoms with E-state index in [0.29, 0.717) is 6.61 Å². The number of aliphatic hydroxyl groups excluding tert-OH is 1. The summed E-state index contributed by atoms with van der Waals surface area (Å²) in [6, 6.07) is 7.77. The fourth-order valence-electron chi connectivity index (χ4n) is 2.91. The quantitative estimate of drug-likeness (QED) is 0.804. The lowest BCUT2D eigenvalue weighted by atomic mass is 9.99. The van der Waals surface area contributed by atoms with Crippen LogP contribution in [-0.2, 0) is 0 Å². The van der Waals surface area contributed by atoms with Crippen molar-refractivity contribution >= 4 is 0 Å². The number of hydrogen-bond donors (Lipinski definition) is 2. The topological polar surface area (TPSA) is 50.7 Å². The SMILES string of the molecule is CCNC1(CO)CCC(Oc2ccccc2OCC)C1. The van der Waals surface area contributed by atoms with Crippen LogP contribution in [0.3, 0.4) is 0 Å². The lowest BCUT2D eigenvalue weighted by molar-refractivity contribution is 0.139. The van der Waals surface area contributed by atoms with Gasteiger partial charge in [0, 0.05) is 12.0 Å². The molecule has 0 amide bonds. The molecule has 1 aliphatic rings. The summed E-state index contributed by atoms with van der Waals surface area (Å²) in [4.78, 5) is 0. The minimum Gasteiger partial charge on any atom is -0.490 e. The number of aliphatic hydroxyl groups is 1. The number of rotatable bonds is 7. The summed E-state index contributed by atoms with van der Waals surface area (Å²) in [6.07, 6.45) is 2.85. The molecule has 112 valence electrons. The zero-order valence-corrected chi connectivity index (χ0v) is 12.4. The number of benzene rings is 1. The summed E-state index contributed by atoms with van der Waals surface area (Å²) in [7, 11) is 0. The maximum Gasteiger partial charge on any atom is 0.161 e. The molecule has 2 rings (SSSR count). The van der Waals surface area contributed by atoms with Gasteiger partial charge in [-0.2, -0.15) is 0 Å². The zero-order chi connectivity index (χ0) is 14.4. The van der Waals surface area contributed by atoms with Crippen molar-refractivity contribution in [2.45, 2.75) is 44.8 Å². The Morgan fingerprint density at radius 1 is 1.30 bits per heavy atom. The maximum absolute atomic E-state index is 9.63. The van der Waals surface area contributed by atoms with E-state index in [-0.39, 0.29) is 18.2 Å². The Hall–Kier alpha value is -1.26. The van der Waals surface area contributed by atoms with E-state index in [4.69, 9.17) is 9.47 Å². The standard InChI is InChI=1S/C16H25NO3/c1-3-17-16(12-18)10-9-13(11-16)20-15-8-6-5-7-14(15)19-4-2/h5-8,13,17-18H,3-4,9-12H2,1-2H3. The third kappa shape index (κ3) is 3.44. The van der Waals surface area contributed by atoms with Crippen LogP contribution >= 0.6 is 0 Å². The fraction of sp³-hybridized carbons (Fsp3) is 0.625. The normalized spacial score (nSPS) is 25.6. The first-order chi connectivity index (χ1) is 9.73. The Bertz CT molecular complexity index is 424. The van der Waals surface area contributed by atoms with Crippen LogP contribution in [0.25, 0.3) is 0 Å². The summed E-state index contributed by atoms with van der Waals surface area (Å²) in [6.45, 7) is 5.68. The molecule has 2 atom stereocenters. The van der Waals surface area contributed by atoms with Crippen molar-refractivity contribution in [2.24, 2.45) is 0 Å². The van der Waals surface area contributed by atoms with Crippen molar-refractivity contribution in [1.82, 2.24) is 5.32 Å².